The van der Waals surface area contributed by atoms with E-state index in [0.29, 0.717) is 39.1 Å². The van der Waals surface area contributed by atoms with E-state index in [-0.39, 0.29) is 35.2 Å². The number of allylic oxidation sites excluding steroid dienone is 1. The number of hydroxylamine groups is 1. The highest BCUT2D eigenvalue weighted by molar-refractivity contribution is 6.29. The van der Waals surface area contributed by atoms with Crippen LogP contribution in [0.3, 0.4) is 0 Å². The zero-order valence-corrected chi connectivity index (χ0v) is 23.2. The summed E-state index contributed by atoms with van der Waals surface area (Å²) in [5.74, 6) is 0.384. The second kappa shape index (κ2) is 13.7. The van der Waals surface area contributed by atoms with E-state index in [1.807, 2.05) is 19.9 Å². The van der Waals surface area contributed by atoms with E-state index in [0.717, 1.165) is 5.56 Å². The van der Waals surface area contributed by atoms with Gasteiger partial charge in [0.15, 0.2) is 11.3 Å². The molecule has 3 aromatic rings. The van der Waals surface area contributed by atoms with E-state index < -0.39 is 18.8 Å². The number of aryl methyl sites for hydroxylation is 1. The SMILES string of the molecule is CN=C(NOC=O)c1nc(Cl)ccc1NC(C)c1cc(C)cc2c(=O)c(C)c(/C(C=NCC(O)CO)=C/N)oc12. The third-order valence-corrected chi connectivity index (χ3v) is 6.15. The van der Waals surface area contributed by atoms with Crippen LogP contribution in [0, 0.1) is 13.8 Å². The zero-order chi connectivity index (χ0) is 29.4. The number of amidine groups is 1. The zero-order valence-electron chi connectivity index (χ0n) is 22.4. The van der Waals surface area contributed by atoms with Crippen molar-refractivity contribution in [2.24, 2.45) is 15.7 Å². The minimum atomic E-state index is -1.02. The molecule has 0 saturated heterocycles. The van der Waals surface area contributed by atoms with Gasteiger partial charge in [-0.1, -0.05) is 17.7 Å². The summed E-state index contributed by atoms with van der Waals surface area (Å²) in [6, 6.07) is 6.52. The van der Waals surface area contributed by atoms with Gasteiger partial charge >= 0.3 is 6.47 Å². The molecule has 2 unspecified atom stereocenters. The second-order valence-electron chi connectivity index (χ2n) is 8.85. The molecule has 0 aliphatic rings. The first-order valence-corrected chi connectivity index (χ1v) is 12.6. The molecule has 13 heteroatoms. The molecule has 0 fully saturated rings. The number of rotatable bonds is 11. The Balaban J connectivity index is 2.12. The number of nitrogens with one attached hydrogen (secondary N) is 2. The van der Waals surface area contributed by atoms with Gasteiger partial charge in [0.2, 0.25) is 0 Å². The third-order valence-electron chi connectivity index (χ3n) is 5.94. The van der Waals surface area contributed by atoms with Gasteiger partial charge in [-0.3, -0.25) is 19.6 Å². The van der Waals surface area contributed by atoms with Gasteiger partial charge in [-0.2, -0.15) is 5.48 Å². The minimum absolute atomic E-state index is 0.0522. The van der Waals surface area contributed by atoms with Gasteiger partial charge < -0.3 is 30.5 Å². The minimum Gasteiger partial charge on any atom is -0.455 e. The Morgan fingerprint density at radius 1 is 1.32 bits per heavy atom. The van der Waals surface area contributed by atoms with Gasteiger partial charge in [0.1, 0.15) is 22.2 Å². The maximum Gasteiger partial charge on any atom is 0.320 e. The number of carbonyl (C=O) groups excluding carboxylic acids is 1. The maximum atomic E-state index is 13.4. The second-order valence-corrected chi connectivity index (χ2v) is 9.24. The lowest BCUT2D eigenvalue weighted by molar-refractivity contribution is -0.132. The van der Waals surface area contributed by atoms with Crippen molar-refractivity contribution in [2.45, 2.75) is 32.9 Å². The van der Waals surface area contributed by atoms with Gasteiger partial charge in [0.25, 0.3) is 0 Å². The van der Waals surface area contributed by atoms with Crippen LogP contribution in [0.5, 0.6) is 0 Å². The highest BCUT2D eigenvalue weighted by Gasteiger charge is 2.21. The summed E-state index contributed by atoms with van der Waals surface area (Å²) in [6.07, 6.45) is 1.62. The summed E-state index contributed by atoms with van der Waals surface area (Å²) < 4.78 is 6.30. The van der Waals surface area contributed by atoms with Gasteiger partial charge in [0, 0.05) is 30.6 Å². The van der Waals surface area contributed by atoms with Crippen molar-refractivity contribution in [3.05, 3.63) is 74.0 Å². The lowest BCUT2D eigenvalue weighted by Crippen LogP contribution is -2.27. The van der Waals surface area contributed by atoms with E-state index in [2.05, 4.69) is 30.6 Å². The normalized spacial score (nSPS) is 13.9. The first kappa shape index (κ1) is 30.3. The fourth-order valence-corrected chi connectivity index (χ4v) is 4.14. The molecule has 0 radical (unpaired) electrons. The Bertz CT molecular complexity index is 1530. The molecule has 0 spiro atoms. The molecular formula is C27H31ClN6O6. The number of nitrogens with two attached hydrogens (primary N) is 1. The fourth-order valence-electron chi connectivity index (χ4n) is 4.00. The number of aliphatic imine (C=N–C) groups is 2. The summed E-state index contributed by atoms with van der Waals surface area (Å²) in [4.78, 5) is 41.3. The van der Waals surface area contributed by atoms with E-state index >= 15 is 0 Å². The monoisotopic (exact) mass is 570 g/mol. The number of anilines is 1. The number of fused-ring (bicyclic) bond motifs is 1. The summed E-state index contributed by atoms with van der Waals surface area (Å²) in [6.45, 7) is 5.12. The van der Waals surface area contributed by atoms with Crippen molar-refractivity contribution >= 4 is 52.4 Å². The smallest absolute Gasteiger partial charge is 0.320 e. The first-order valence-electron chi connectivity index (χ1n) is 12.2. The van der Waals surface area contributed by atoms with E-state index in [1.165, 1.54) is 19.5 Å². The molecular weight excluding hydrogens is 540 g/mol. The Morgan fingerprint density at radius 2 is 2.08 bits per heavy atom. The molecule has 6 N–H and O–H groups in total. The summed E-state index contributed by atoms with van der Waals surface area (Å²) in [5, 5.41) is 22.5. The van der Waals surface area contributed by atoms with Crippen LogP contribution < -0.4 is 22.0 Å². The van der Waals surface area contributed by atoms with Crippen LogP contribution in [0.2, 0.25) is 5.15 Å². The number of hydrogen-bond donors (Lipinski definition) is 5. The molecule has 3 rings (SSSR count). The molecule has 0 bridgehead atoms. The molecule has 212 valence electrons. The number of aromatic nitrogens is 1. The van der Waals surface area contributed by atoms with Crippen molar-refractivity contribution in [3.63, 3.8) is 0 Å². The van der Waals surface area contributed by atoms with E-state index in [4.69, 9.17) is 26.9 Å². The average Bonchev–Trinajstić information content (AvgIpc) is 2.94. The predicted molar refractivity (Wildman–Crippen MR) is 155 cm³/mol. The Hall–Kier alpha value is -4.26. The summed E-state index contributed by atoms with van der Waals surface area (Å²) in [7, 11) is 1.50. The first-order chi connectivity index (χ1) is 19.1. The van der Waals surface area contributed by atoms with Gasteiger partial charge in [-0.15, -0.1) is 0 Å². The van der Waals surface area contributed by atoms with E-state index in [9.17, 15) is 14.7 Å². The van der Waals surface area contributed by atoms with Crippen LogP contribution in [0.1, 0.15) is 41.1 Å². The number of aliphatic hydroxyl groups excluding tert-OH is 2. The molecule has 12 nitrogen and oxygen atoms in total. The van der Waals surface area contributed by atoms with Crippen molar-refractivity contribution in [1.82, 2.24) is 10.5 Å². The van der Waals surface area contributed by atoms with Gasteiger partial charge in [-0.25, -0.2) is 4.98 Å². The highest BCUT2D eigenvalue weighted by Crippen LogP contribution is 2.31. The lowest BCUT2D eigenvalue weighted by atomic mass is 9.99. The number of nitrogens with zero attached hydrogens (tertiary/aromatic N) is 3. The third kappa shape index (κ3) is 6.84. The van der Waals surface area contributed by atoms with E-state index in [1.54, 1.807) is 25.1 Å². The number of hydrogen-bond acceptors (Lipinski definition) is 11. The number of aliphatic hydroxyl groups is 2. The van der Waals surface area contributed by atoms with Gasteiger partial charge in [0.05, 0.1) is 41.9 Å². The van der Waals surface area contributed by atoms with Crippen molar-refractivity contribution in [2.75, 3.05) is 25.5 Å². The van der Waals surface area contributed by atoms with Crippen LogP contribution in [0.15, 0.2) is 49.7 Å². The average molecular weight is 571 g/mol. The van der Waals surface area contributed by atoms with Crippen LogP contribution in [0.25, 0.3) is 16.5 Å². The van der Waals surface area contributed by atoms with Crippen LogP contribution in [-0.4, -0.2) is 60.0 Å². The molecule has 2 atom stereocenters. The van der Waals surface area contributed by atoms with Crippen LogP contribution in [-0.2, 0) is 9.63 Å². The number of benzene rings is 1. The van der Waals surface area contributed by atoms with Crippen LogP contribution in [0.4, 0.5) is 5.69 Å². The van der Waals surface area contributed by atoms with Crippen molar-refractivity contribution in [1.29, 1.82) is 0 Å². The molecule has 0 aliphatic heterocycles. The highest BCUT2D eigenvalue weighted by atomic mass is 35.5. The topological polar surface area (TPSA) is 185 Å². The summed E-state index contributed by atoms with van der Waals surface area (Å²) >= 11 is 6.12. The number of carbonyl (C=O) groups is 1. The van der Waals surface area contributed by atoms with Gasteiger partial charge in [-0.05, 0) is 44.5 Å². The molecule has 0 aliphatic carbocycles. The number of pyridine rings is 1. The maximum absolute atomic E-state index is 13.4. The summed E-state index contributed by atoms with van der Waals surface area (Å²) in [5.41, 5.74) is 11.4. The fraction of sp³-hybridized carbons (Fsp3) is 0.296. The Kier molecular flexibility index (Phi) is 10.4. The quantitative estimate of drug-likeness (QED) is 0.0753. The van der Waals surface area contributed by atoms with Crippen LogP contribution >= 0.6 is 11.6 Å². The van der Waals surface area contributed by atoms with Crippen molar-refractivity contribution in [3.8, 4) is 0 Å². The molecule has 0 amide bonds. The Morgan fingerprint density at radius 3 is 2.73 bits per heavy atom. The van der Waals surface area contributed by atoms with Crippen molar-refractivity contribution < 1.29 is 24.3 Å². The Labute approximate surface area is 235 Å². The molecule has 2 heterocycles. The predicted octanol–water partition coefficient (Wildman–Crippen LogP) is 2.41. The molecule has 0 saturated carbocycles. The number of halogens is 1. The largest absolute Gasteiger partial charge is 0.455 e. The lowest BCUT2D eigenvalue weighted by Gasteiger charge is -2.21. The molecule has 40 heavy (non-hydrogen) atoms. The molecule has 2 aromatic heterocycles. The molecule has 1 aromatic carbocycles. The standard InChI is InChI=1S/C27H31ClN6O6/c1-14-7-19(16(3)32-21-5-6-22(28)33-23(21)27(30-4)34-39-13-36)26-20(8-14)24(38)15(2)25(40-26)17(9-29)10-31-11-18(37)12-35/h5-10,13,16,18,32,35,37H,11-12,29H2,1-4H3,(H,30,34)/b17-9+,31-10?.